The number of aromatic nitrogens is 2. The Morgan fingerprint density at radius 1 is 1.20 bits per heavy atom. The summed E-state index contributed by atoms with van der Waals surface area (Å²) in [5.74, 6) is 0.848. The SMILES string of the molecule is CCOCCC1(CNC(=NC)NCc2ccccc2-n2nc(C)cc2C)CCCC1. The second kappa shape index (κ2) is 10.6. The molecular formula is C24H37N5O. The zero-order chi connectivity index (χ0) is 21.4. The van der Waals surface area contributed by atoms with Crippen LogP contribution in [0.15, 0.2) is 35.3 Å². The van der Waals surface area contributed by atoms with Crippen LogP contribution in [0.2, 0.25) is 0 Å². The Hall–Kier alpha value is -2.34. The molecule has 0 aliphatic heterocycles. The molecule has 0 spiro atoms. The van der Waals surface area contributed by atoms with Crippen molar-refractivity contribution in [2.45, 2.75) is 59.4 Å². The van der Waals surface area contributed by atoms with Gasteiger partial charge in [0, 0.05) is 39.0 Å². The average molecular weight is 412 g/mol. The predicted octanol–water partition coefficient (Wildman–Crippen LogP) is 4.14. The first-order valence-corrected chi connectivity index (χ1v) is 11.2. The highest BCUT2D eigenvalue weighted by Gasteiger charge is 2.33. The van der Waals surface area contributed by atoms with E-state index >= 15 is 0 Å². The standard InChI is InChI=1S/C24H37N5O/c1-5-30-15-14-24(12-8-9-13-24)18-27-23(25-4)26-17-21-10-6-7-11-22(21)29-20(3)16-19(2)28-29/h6-7,10-11,16H,5,8-9,12-15,17-18H2,1-4H3,(H2,25,26,27). The van der Waals surface area contributed by atoms with Crippen molar-refractivity contribution < 1.29 is 4.74 Å². The Bertz CT molecular complexity index is 836. The van der Waals surface area contributed by atoms with Crippen LogP contribution in [0.5, 0.6) is 0 Å². The van der Waals surface area contributed by atoms with Crippen LogP contribution in [0.4, 0.5) is 0 Å². The number of hydrogen-bond acceptors (Lipinski definition) is 3. The molecule has 0 saturated heterocycles. The van der Waals surface area contributed by atoms with E-state index in [0.717, 1.165) is 49.2 Å². The van der Waals surface area contributed by atoms with Gasteiger partial charge in [0.2, 0.25) is 0 Å². The molecule has 2 aromatic rings. The number of nitrogens with one attached hydrogen (secondary N) is 2. The van der Waals surface area contributed by atoms with Gasteiger partial charge in [0.05, 0.1) is 11.4 Å². The Morgan fingerprint density at radius 3 is 2.63 bits per heavy atom. The number of nitrogens with zero attached hydrogens (tertiary/aromatic N) is 3. The lowest BCUT2D eigenvalue weighted by molar-refractivity contribution is 0.105. The molecule has 3 rings (SSSR count). The van der Waals surface area contributed by atoms with E-state index in [0.29, 0.717) is 12.0 Å². The van der Waals surface area contributed by atoms with Crippen LogP contribution in [0.3, 0.4) is 0 Å². The second-order valence-electron chi connectivity index (χ2n) is 8.40. The number of benzene rings is 1. The topological polar surface area (TPSA) is 63.5 Å². The highest BCUT2D eigenvalue weighted by molar-refractivity contribution is 5.79. The molecule has 1 aromatic carbocycles. The molecule has 1 fully saturated rings. The molecule has 1 aromatic heterocycles. The van der Waals surface area contributed by atoms with Crippen LogP contribution in [-0.4, -0.2) is 42.5 Å². The minimum absolute atomic E-state index is 0.328. The van der Waals surface area contributed by atoms with E-state index in [9.17, 15) is 0 Å². The molecule has 1 aliphatic carbocycles. The summed E-state index contributed by atoms with van der Waals surface area (Å²) in [5, 5.41) is 11.7. The van der Waals surface area contributed by atoms with Crippen molar-refractivity contribution in [2.24, 2.45) is 10.4 Å². The van der Waals surface area contributed by atoms with Gasteiger partial charge in [-0.1, -0.05) is 31.0 Å². The highest BCUT2D eigenvalue weighted by Crippen LogP contribution is 2.40. The molecule has 0 atom stereocenters. The van der Waals surface area contributed by atoms with E-state index in [1.165, 1.54) is 31.2 Å². The van der Waals surface area contributed by atoms with Gasteiger partial charge in [-0.25, -0.2) is 4.68 Å². The van der Waals surface area contributed by atoms with Gasteiger partial charge in [0.15, 0.2) is 5.96 Å². The molecule has 0 radical (unpaired) electrons. The van der Waals surface area contributed by atoms with Gasteiger partial charge in [-0.15, -0.1) is 0 Å². The fraction of sp³-hybridized carbons (Fsp3) is 0.583. The van der Waals surface area contributed by atoms with E-state index in [1.807, 2.05) is 18.7 Å². The lowest BCUT2D eigenvalue weighted by atomic mass is 9.83. The molecule has 6 nitrogen and oxygen atoms in total. The smallest absolute Gasteiger partial charge is 0.191 e. The predicted molar refractivity (Wildman–Crippen MR) is 123 cm³/mol. The van der Waals surface area contributed by atoms with E-state index in [-0.39, 0.29) is 0 Å². The van der Waals surface area contributed by atoms with E-state index in [1.54, 1.807) is 0 Å². The molecule has 6 heteroatoms. The van der Waals surface area contributed by atoms with Crippen molar-refractivity contribution in [1.29, 1.82) is 0 Å². The van der Waals surface area contributed by atoms with Gasteiger partial charge in [0.1, 0.15) is 0 Å². The Morgan fingerprint density at radius 2 is 1.97 bits per heavy atom. The average Bonchev–Trinajstić information content (AvgIpc) is 3.35. The van der Waals surface area contributed by atoms with Crippen LogP contribution in [0.1, 0.15) is 56.0 Å². The zero-order valence-electron chi connectivity index (χ0n) is 19.0. The van der Waals surface area contributed by atoms with Crippen molar-refractivity contribution in [3.05, 3.63) is 47.3 Å². The van der Waals surface area contributed by atoms with E-state index < -0.39 is 0 Å². The zero-order valence-corrected chi connectivity index (χ0v) is 19.0. The maximum Gasteiger partial charge on any atom is 0.191 e. The molecule has 0 bridgehead atoms. The van der Waals surface area contributed by atoms with Crippen LogP contribution in [-0.2, 0) is 11.3 Å². The fourth-order valence-electron chi connectivity index (χ4n) is 4.48. The molecule has 1 saturated carbocycles. The maximum absolute atomic E-state index is 5.64. The van der Waals surface area contributed by atoms with Gasteiger partial charge in [0.25, 0.3) is 0 Å². The minimum Gasteiger partial charge on any atom is -0.382 e. The summed E-state index contributed by atoms with van der Waals surface area (Å²) in [6.45, 7) is 9.46. The van der Waals surface area contributed by atoms with Crippen molar-refractivity contribution in [1.82, 2.24) is 20.4 Å². The summed E-state index contributed by atoms with van der Waals surface area (Å²) in [5.41, 5.74) is 4.80. The van der Waals surface area contributed by atoms with E-state index in [4.69, 9.17) is 4.74 Å². The summed E-state index contributed by atoms with van der Waals surface area (Å²) in [7, 11) is 1.84. The van der Waals surface area contributed by atoms with Crippen LogP contribution in [0, 0.1) is 19.3 Å². The molecule has 0 amide bonds. The van der Waals surface area contributed by atoms with Crippen LogP contribution < -0.4 is 10.6 Å². The van der Waals surface area contributed by atoms with Crippen LogP contribution in [0.25, 0.3) is 5.69 Å². The van der Waals surface area contributed by atoms with Crippen molar-refractivity contribution >= 4 is 5.96 Å². The molecule has 30 heavy (non-hydrogen) atoms. The van der Waals surface area contributed by atoms with Gasteiger partial charge in [-0.2, -0.15) is 5.10 Å². The number of aliphatic imine (C=N–C) groups is 1. The normalized spacial score (nSPS) is 16.1. The monoisotopic (exact) mass is 411 g/mol. The summed E-state index contributed by atoms with van der Waals surface area (Å²) >= 11 is 0. The van der Waals surface area contributed by atoms with Crippen molar-refractivity contribution in [2.75, 3.05) is 26.8 Å². The Labute approximate surface area is 181 Å². The molecule has 2 N–H and O–H groups in total. The van der Waals surface area contributed by atoms with Crippen molar-refractivity contribution in [3.63, 3.8) is 0 Å². The molecular weight excluding hydrogens is 374 g/mol. The van der Waals surface area contributed by atoms with Gasteiger partial charge in [-0.05, 0) is 63.1 Å². The van der Waals surface area contributed by atoms with Gasteiger partial charge in [-0.3, -0.25) is 4.99 Å². The summed E-state index contributed by atoms with van der Waals surface area (Å²) in [4.78, 5) is 4.46. The minimum atomic E-state index is 0.328. The number of ether oxygens (including phenoxy) is 1. The first-order valence-electron chi connectivity index (χ1n) is 11.2. The molecule has 0 unspecified atom stereocenters. The molecule has 164 valence electrons. The second-order valence-corrected chi connectivity index (χ2v) is 8.40. The number of guanidine groups is 1. The maximum atomic E-state index is 5.64. The Kier molecular flexibility index (Phi) is 7.91. The molecule has 1 heterocycles. The largest absolute Gasteiger partial charge is 0.382 e. The summed E-state index contributed by atoms with van der Waals surface area (Å²) in [6, 6.07) is 10.5. The fourth-order valence-corrected chi connectivity index (χ4v) is 4.48. The lowest BCUT2D eigenvalue weighted by Crippen LogP contribution is -2.43. The highest BCUT2D eigenvalue weighted by atomic mass is 16.5. The Balaban J connectivity index is 1.62. The summed E-state index contributed by atoms with van der Waals surface area (Å²) < 4.78 is 7.66. The molecule has 1 aliphatic rings. The number of aryl methyl sites for hydroxylation is 2. The third-order valence-corrected chi connectivity index (χ3v) is 6.18. The van der Waals surface area contributed by atoms with Gasteiger partial charge >= 0.3 is 0 Å². The first-order chi connectivity index (χ1) is 14.6. The van der Waals surface area contributed by atoms with Crippen LogP contribution >= 0.6 is 0 Å². The van der Waals surface area contributed by atoms with E-state index in [2.05, 4.69) is 64.9 Å². The van der Waals surface area contributed by atoms with Gasteiger partial charge < -0.3 is 15.4 Å². The number of hydrogen-bond donors (Lipinski definition) is 2. The number of para-hydroxylation sites is 1. The van der Waals surface area contributed by atoms with Crippen molar-refractivity contribution in [3.8, 4) is 5.69 Å². The first kappa shape index (κ1) is 22.3. The quantitative estimate of drug-likeness (QED) is 0.370. The number of rotatable bonds is 9. The lowest BCUT2D eigenvalue weighted by Gasteiger charge is -2.30. The third kappa shape index (κ3) is 5.63. The summed E-state index contributed by atoms with van der Waals surface area (Å²) in [6.07, 6.45) is 6.28. The third-order valence-electron chi connectivity index (χ3n) is 6.18.